The average Bonchev–Trinajstić information content (AvgIpc) is 3.20. The van der Waals surface area contributed by atoms with E-state index in [1.807, 2.05) is 32.0 Å². The molecule has 164 valence electrons. The van der Waals surface area contributed by atoms with Gasteiger partial charge in [-0.3, -0.25) is 18.6 Å². The minimum Gasteiger partial charge on any atom is -0.493 e. The summed E-state index contributed by atoms with van der Waals surface area (Å²) in [5.74, 6) is 1.08. The van der Waals surface area contributed by atoms with Crippen molar-refractivity contribution >= 4 is 23.2 Å². The highest BCUT2D eigenvalue weighted by Crippen LogP contribution is 2.28. The van der Waals surface area contributed by atoms with Crippen molar-refractivity contribution in [1.29, 1.82) is 0 Å². The van der Waals surface area contributed by atoms with Gasteiger partial charge >= 0.3 is 5.56 Å². The Morgan fingerprint density at radius 3 is 2.38 bits per heavy atom. The zero-order valence-electron chi connectivity index (χ0n) is 18.2. The van der Waals surface area contributed by atoms with Gasteiger partial charge in [0.2, 0.25) is 5.65 Å². The van der Waals surface area contributed by atoms with Gasteiger partial charge in [-0.1, -0.05) is 17.8 Å². The van der Waals surface area contributed by atoms with Gasteiger partial charge in [0.15, 0.2) is 22.4 Å². The Kier molecular flexibility index (Phi) is 6.00. The summed E-state index contributed by atoms with van der Waals surface area (Å²) >= 11 is 1.22. The van der Waals surface area contributed by atoms with Crippen LogP contribution in [-0.4, -0.2) is 44.9 Å². The zero-order chi connectivity index (χ0) is 22.8. The standard InChI is InChI=1S/C23H22N4O4S/c1-14-9-15(2)11-17(10-14)26-7-8-27-21(22(26)29)24-25-23(27)32-13-18(28)16-5-6-19(30-3)20(12-16)31-4/h5-12H,13H2,1-4H3. The smallest absolute Gasteiger partial charge is 0.300 e. The van der Waals surface area contributed by atoms with E-state index in [-0.39, 0.29) is 22.7 Å². The van der Waals surface area contributed by atoms with Crippen LogP contribution >= 0.6 is 11.8 Å². The lowest BCUT2D eigenvalue weighted by atomic mass is 10.1. The van der Waals surface area contributed by atoms with Crippen molar-refractivity contribution in [2.24, 2.45) is 0 Å². The van der Waals surface area contributed by atoms with Crippen molar-refractivity contribution < 1.29 is 14.3 Å². The fourth-order valence-corrected chi connectivity index (χ4v) is 4.29. The molecule has 32 heavy (non-hydrogen) atoms. The molecular formula is C23H22N4O4S. The quantitative estimate of drug-likeness (QED) is 0.315. The molecule has 9 heteroatoms. The first-order valence-corrected chi connectivity index (χ1v) is 10.8. The van der Waals surface area contributed by atoms with Gasteiger partial charge in [-0.2, -0.15) is 0 Å². The zero-order valence-corrected chi connectivity index (χ0v) is 19.0. The Morgan fingerprint density at radius 2 is 1.69 bits per heavy atom. The highest BCUT2D eigenvalue weighted by atomic mass is 32.2. The summed E-state index contributed by atoms with van der Waals surface area (Å²) in [7, 11) is 3.06. The second-order valence-electron chi connectivity index (χ2n) is 7.28. The van der Waals surface area contributed by atoms with Gasteiger partial charge in [0, 0.05) is 23.6 Å². The number of ether oxygens (including phenoxy) is 2. The van der Waals surface area contributed by atoms with E-state index in [1.54, 1.807) is 46.7 Å². The van der Waals surface area contributed by atoms with E-state index in [0.717, 1.165) is 16.8 Å². The highest BCUT2D eigenvalue weighted by Gasteiger charge is 2.16. The third-order valence-electron chi connectivity index (χ3n) is 4.96. The molecule has 0 unspecified atom stereocenters. The first-order valence-electron chi connectivity index (χ1n) is 9.84. The number of benzene rings is 2. The lowest BCUT2D eigenvalue weighted by molar-refractivity contribution is 0.102. The van der Waals surface area contributed by atoms with Gasteiger partial charge in [-0.25, -0.2) is 0 Å². The van der Waals surface area contributed by atoms with Crippen LogP contribution in [0.25, 0.3) is 11.3 Å². The first kappa shape index (κ1) is 21.6. The highest BCUT2D eigenvalue weighted by molar-refractivity contribution is 7.99. The van der Waals surface area contributed by atoms with E-state index in [4.69, 9.17) is 9.47 Å². The number of fused-ring (bicyclic) bond motifs is 1. The molecule has 0 amide bonds. The summed E-state index contributed by atoms with van der Waals surface area (Å²) in [5.41, 5.74) is 3.34. The number of carbonyl (C=O) groups excluding carboxylic acids is 1. The fourth-order valence-electron chi connectivity index (χ4n) is 3.48. The molecular weight excluding hydrogens is 428 g/mol. The number of aromatic nitrogens is 4. The predicted molar refractivity (Wildman–Crippen MR) is 123 cm³/mol. The number of nitrogens with zero attached hydrogens (tertiary/aromatic N) is 4. The van der Waals surface area contributed by atoms with Crippen LogP contribution in [0.4, 0.5) is 0 Å². The van der Waals surface area contributed by atoms with E-state index >= 15 is 0 Å². The minimum atomic E-state index is -0.275. The Labute approximate surface area is 188 Å². The molecule has 0 atom stereocenters. The lowest BCUT2D eigenvalue weighted by Crippen LogP contribution is -2.20. The van der Waals surface area contributed by atoms with Crippen LogP contribution in [-0.2, 0) is 0 Å². The van der Waals surface area contributed by atoms with Crippen LogP contribution < -0.4 is 15.0 Å². The largest absolute Gasteiger partial charge is 0.493 e. The summed E-state index contributed by atoms with van der Waals surface area (Å²) in [4.78, 5) is 25.7. The Morgan fingerprint density at radius 1 is 0.969 bits per heavy atom. The second kappa shape index (κ2) is 8.88. The fraction of sp³-hybridized carbons (Fsp3) is 0.217. The average molecular weight is 451 g/mol. The summed E-state index contributed by atoms with van der Waals surface area (Å²) < 4.78 is 13.6. The van der Waals surface area contributed by atoms with Crippen LogP contribution in [0.3, 0.4) is 0 Å². The van der Waals surface area contributed by atoms with Crippen LogP contribution in [0.5, 0.6) is 11.5 Å². The maximum atomic E-state index is 13.0. The first-order chi connectivity index (χ1) is 15.4. The van der Waals surface area contributed by atoms with Crippen LogP contribution in [0.15, 0.2) is 58.7 Å². The Bertz CT molecular complexity index is 1360. The molecule has 0 aliphatic heterocycles. The summed E-state index contributed by atoms with van der Waals surface area (Å²) in [6.45, 7) is 3.97. The molecule has 0 spiro atoms. The Balaban J connectivity index is 1.58. The van der Waals surface area contributed by atoms with Crippen molar-refractivity contribution in [3.8, 4) is 17.2 Å². The number of thioether (sulfide) groups is 1. The van der Waals surface area contributed by atoms with Gasteiger partial charge in [0.25, 0.3) is 0 Å². The third kappa shape index (κ3) is 4.11. The monoisotopic (exact) mass is 450 g/mol. The summed E-state index contributed by atoms with van der Waals surface area (Å²) in [6, 6.07) is 11.0. The van der Waals surface area contributed by atoms with Crippen LogP contribution in [0.1, 0.15) is 21.5 Å². The number of Topliss-reactive ketones (excluding diaryl/α,β-unsaturated/α-hetero) is 1. The molecule has 2 aromatic carbocycles. The normalized spacial score (nSPS) is 11.0. The van der Waals surface area contributed by atoms with Gasteiger partial charge in [0.1, 0.15) is 0 Å². The topological polar surface area (TPSA) is 87.7 Å². The van der Waals surface area contributed by atoms with E-state index in [9.17, 15) is 9.59 Å². The molecule has 0 N–H and O–H groups in total. The van der Waals surface area contributed by atoms with Crippen molar-refractivity contribution in [2.45, 2.75) is 19.0 Å². The van der Waals surface area contributed by atoms with Crippen LogP contribution in [0, 0.1) is 13.8 Å². The number of hydrogen-bond acceptors (Lipinski definition) is 7. The van der Waals surface area contributed by atoms with E-state index in [2.05, 4.69) is 10.2 Å². The second-order valence-corrected chi connectivity index (χ2v) is 8.22. The molecule has 4 rings (SSSR count). The van der Waals surface area contributed by atoms with E-state index < -0.39 is 0 Å². The number of aryl methyl sites for hydroxylation is 2. The van der Waals surface area contributed by atoms with E-state index in [1.165, 1.54) is 18.9 Å². The molecule has 2 aromatic heterocycles. The number of rotatable bonds is 7. The SMILES string of the molecule is COc1ccc(C(=O)CSc2nnc3c(=O)n(-c4cc(C)cc(C)c4)ccn23)cc1OC. The Hall–Kier alpha value is -3.59. The third-order valence-corrected chi connectivity index (χ3v) is 5.91. The van der Waals surface area contributed by atoms with Crippen molar-refractivity contribution in [3.63, 3.8) is 0 Å². The van der Waals surface area contributed by atoms with Gasteiger partial charge in [-0.05, 0) is 55.3 Å². The number of hydrogen-bond donors (Lipinski definition) is 0. The van der Waals surface area contributed by atoms with Gasteiger partial charge in [-0.15, -0.1) is 10.2 Å². The lowest BCUT2D eigenvalue weighted by Gasteiger charge is -2.09. The molecule has 0 saturated carbocycles. The maximum Gasteiger partial charge on any atom is 0.300 e. The summed E-state index contributed by atoms with van der Waals surface area (Å²) in [6.07, 6.45) is 3.42. The van der Waals surface area contributed by atoms with Crippen LogP contribution in [0.2, 0.25) is 0 Å². The minimum absolute atomic E-state index is 0.101. The van der Waals surface area contributed by atoms with E-state index in [0.29, 0.717) is 22.2 Å². The maximum absolute atomic E-state index is 13.0. The number of ketones is 1. The van der Waals surface area contributed by atoms with Gasteiger partial charge < -0.3 is 9.47 Å². The summed E-state index contributed by atoms with van der Waals surface area (Å²) in [5, 5.41) is 8.65. The molecule has 0 saturated heterocycles. The van der Waals surface area contributed by atoms with Crippen molar-refractivity contribution in [3.05, 3.63) is 75.8 Å². The van der Waals surface area contributed by atoms with Crippen molar-refractivity contribution in [2.75, 3.05) is 20.0 Å². The number of methoxy groups -OCH3 is 2. The number of carbonyl (C=O) groups is 1. The van der Waals surface area contributed by atoms with Crippen molar-refractivity contribution in [1.82, 2.24) is 19.2 Å². The molecule has 2 heterocycles. The van der Waals surface area contributed by atoms with Gasteiger partial charge in [0.05, 0.1) is 20.0 Å². The molecule has 0 aliphatic carbocycles. The molecule has 8 nitrogen and oxygen atoms in total. The molecule has 0 bridgehead atoms. The predicted octanol–water partition coefficient (Wildman–Crippen LogP) is 3.49. The molecule has 0 aliphatic rings. The molecule has 4 aromatic rings. The molecule has 0 radical (unpaired) electrons. The molecule has 0 fully saturated rings.